The number of fused-ring (bicyclic) bond motifs is 1. The molecule has 0 atom stereocenters. The molecular formula is C14H17NO2. The Kier molecular flexibility index (Phi) is 3.18. The molecular weight excluding hydrogens is 214 g/mol. The van der Waals surface area contributed by atoms with Crippen molar-refractivity contribution in [3.8, 4) is 5.75 Å². The first kappa shape index (κ1) is 11.7. The van der Waals surface area contributed by atoms with Crippen molar-refractivity contribution in [3.05, 3.63) is 30.5 Å². The van der Waals surface area contributed by atoms with Crippen LogP contribution >= 0.6 is 0 Å². The number of hydrogen-bond acceptors (Lipinski definition) is 2. The number of nitrogens with zero attached hydrogens (tertiary/aromatic N) is 1. The summed E-state index contributed by atoms with van der Waals surface area (Å²) in [6.07, 6.45) is 2.08. The lowest BCUT2D eigenvalue weighted by molar-refractivity contribution is -0.117. The molecule has 0 spiro atoms. The van der Waals surface area contributed by atoms with E-state index in [9.17, 15) is 4.79 Å². The van der Waals surface area contributed by atoms with Gasteiger partial charge in [-0.25, -0.2) is 0 Å². The zero-order valence-corrected chi connectivity index (χ0v) is 10.4. The largest absolute Gasteiger partial charge is 0.490 e. The molecule has 17 heavy (non-hydrogen) atoms. The van der Waals surface area contributed by atoms with E-state index in [1.165, 1.54) is 0 Å². The van der Waals surface area contributed by atoms with Gasteiger partial charge in [-0.3, -0.25) is 4.79 Å². The van der Waals surface area contributed by atoms with E-state index in [1.54, 1.807) is 6.92 Å². The van der Waals surface area contributed by atoms with Crippen LogP contribution in [0.15, 0.2) is 30.5 Å². The fourth-order valence-electron chi connectivity index (χ4n) is 1.93. The number of aromatic nitrogens is 1. The quantitative estimate of drug-likeness (QED) is 0.810. The Bertz CT molecular complexity index is 540. The second kappa shape index (κ2) is 4.62. The van der Waals surface area contributed by atoms with Crippen LogP contribution in [0.4, 0.5) is 0 Å². The van der Waals surface area contributed by atoms with Crippen molar-refractivity contribution in [2.45, 2.75) is 33.4 Å². The van der Waals surface area contributed by atoms with Crippen LogP contribution < -0.4 is 4.74 Å². The molecule has 0 radical (unpaired) electrons. The molecule has 0 amide bonds. The molecule has 2 rings (SSSR count). The van der Waals surface area contributed by atoms with Gasteiger partial charge in [-0.15, -0.1) is 0 Å². The highest BCUT2D eigenvalue weighted by atomic mass is 16.5. The first-order valence-corrected chi connectivity index (χ1v) is 5.82. The van der Waals surface area contributed by atoms with Crippen molar-refractivity contribution in [1.29, 1.82) is 0 Å². The lowest BCUT2D eigenvalue weighted by Crippen LogP contribution is -2.06. The SMILES string of the molecule is CC(=O)Cn1ccc2c(OC(C)C)cccc21. The molecule has 0 N–H and O–H groups in total. The smallest absolute Gasteiger partial charge is 0.149 e. The van der Waals surface area contributed by atoms with Gasteiger partial charge in [0.15, 0.2) is 0 Å². The number of carbonyl (C=O) groups is 1. The van der Waals surface area contributed by atoms with E-state index >= 15 is 0 Å². The fourth-order valence-corrected chi connectivity index (χ4v) is 1.93. The normalized spacial score (nSPS) is 11.1. The average Bonchev–Trinajstić information content (AvgIpc) is 2.61. The number of Topliss-reactive ketones (excluding diaryl/α,β-unsaturated/α-hetero) is 1. The predicted molar refractivity (Wildman–Crippen MR) is 68.4 cm³/mol. The summed E-state index contributed by atoms with van der Waals surface area (Å²) in [5, 5.41) is 1.06. The van der Waals surface area contributed by atoms with Crippen LogP contribution in [-0.2, 0) is 11.3 Å². The second-order valence-corrected chi connectivity index (χ2v) is 4.50. The third kappa shape index (κ3) is 2.49. The molecule has 1 aromatic heterocycles. The van der Waals surface area contributed by atoms with E-state index in [0.717, 1.165) is 16.7 Å². The van der Waals surface area contributed by atoms with Crippen LogP contribution in [0.25, 0.3) is 10.9 Å². The zero-order chi connectivity index (χ0) is 12.4. The summed E-state index contributed by atoms with van der Waals surface area (Å²) in [5.41, 5.74) is 1.04. The molecule has 90 valence electrons. The summed E-state index contributed by atoms with van der Waals surface area (Å²) in [5.74, 6) is 1.03. The van der Waals surface area contributed by atoms with Gasteiger partial charge in [0, 0.05) is 11.6 Å². The summed E-state index contributed by atoms with van der Waals surface area (Å²) >= 11 is 0. The fraction of sp³-hybridized carbons (Fsp3) is 0.357. The number of ketones is 1. The summed E-state index contributed by atoms with van der Waals surface area (Å²) in [7, 11) is 0. The van der Waals surface area contributed by atoms with Crippen molar-refractivity contribution in [2.24, 2.45) is 0 Å². The maximum Gasteiger partial charge on any atom is 0.149 e. The molecule has 0 aliphatic heterocycles. The maximum atomic E-state index is 11.2. The summed E-state index contributed by atoms with van der Waals surface area (Å²) in [6, 6.07) is 7.92. The molecule has 0 fully saturated rings. The van der Waals surface area contributed by atoms with Gasteiger partial charge >= 0.3 is 0 Å². The van der Waals surface area contributed by atoms with Gasteiger partial charge < -0.3 is 9.30 Å². The lowest BCUT2D eigenvalue weighted by atomic mass is 10.2. The predicted octanol–water partition coefficient (Wildman–Crippen LogP) is 3.02. The molecule has 0 saturated heterocycles. The van der Waals surface area contributed by atoms with Crippen LogP contribution in [0.2, 0.25) is 0 Å². The van der Waals surface area contributed by atoms with Crippen molar-refractivity contribution in [2.75, 3.05) is 0 Å². The molecule has 3 nitrogen and oxygen atoms in total. The van der Waals surface area contributed by atoms with Crippen molar-refractivity contribution in [1.82, 2.24) is 4.57 Å². The average molecular weight is 231 g/mol. The minimum Gasteiger partial charge on any atom is -0.490 e. The van der Waals surface area contributed by atoms with Gasteiger partial charge in [0.05, 0.1) is 18.2 Å². The third-order valence-corrected chi connectivity index (χ3v) is 2.53. The van der Waals surface area contributed by atoms with E-state index in [2.05, 4.69) is 0 Å². The van der Waals surface area contributed by atoms with Gasteiger partial charge in [-0.2, -0.15) is 0 Å². The number of carbonyl (C=O) groups excluding carboxylic acids is 1. The van der Waals surface area contributed by atoms with E-state index < -0.39 is 0 Å². The molecule has 0 aliphatic rings. The van der Waals surface area contributed by atoms with Gasteiger partial charge in [0.25, 0.3) is 0 Å². The first-order chi connectivity index (χ1) is 8.08. The summed E-state index contributed by atoms with van der Waals surface area (Å²) in [6.45, 7) is 6.02. The van der Waals surface area contributed by atoms with E-state index in [1.807, 2.05) is 48.9 Å². The third-order valence-electron chi connectivity index (χ3n) is 2.53. The Labute approximate surface area is 101 Å². The van der Waals surface area contributed by atoms with Crippen molar-refractivity contribution in [3.63, 3.8) is 0 Å². The summed E-state index contributed by atoms with van der Waals surface area (Å²) < 4.78 is 7.70. The minimum absolute atomic E-state index is 0.150. The topological polar surface area (TPSA) is 31.2 Å². The number of benzene rings is 1. The van der Waals surface area contributed by atoms with Crippen LogP contribution in [0.5, 0.6) is 5.75 Å². The first-order valence-electron chi connectivity index (χ1n) is 5.82. The molecule has 3 heteroatoms. The highest BCUT2D eigenvalue weighted by Crippen LogP contribution is 2.27. The highest BCUT2D eigenvalue weighted by Gasteiger charge is 2.08. The van der Waals surface area contributed by atoms with E-state index in [0.29, 0.717) is 6.54 Å². The van der Waals surface area contributed by atoms with Gasteiger partial charge in [0.1, 0.15) is 11.5 Å². The maximum absolute atomic E-state index is 11.2. The Morgan fingerprint density at radius 1 is 1.35 bits per heavy atom. The van der Waals surface area contributed by atoms with Crippen molar-refractivity contribution < 1.29 is 9.53 Å². The lowest BCUT2D eigenvalue weighted by Gasteiger charge is -2.11. The van der Waals surface area contributed by atoms with Crippen molar-refractivity contribution >= 4 is 16.7 Å². The molecule has 0 bridgehead atoms. The van der Waals surface area contributed by atoms with E-state index in [4.69, 9.17) is 4.74 Å². The number of rotatable bonds is 4. The van der Waals surface area contributed by atoms with Crippen LogP contribution in [0.3, 0.4) is 0 Å². The Balaban J connectivity index is 2.45. The molecule has 0 saturated carbocycles. The number of ether oxygens (including phenoxy) is 1. The van der Waals surface area contributed by atoms with Gasteiger partial charge in [-0.05, 0) is 39.0 Å². The van der Waals surface area contributed by atoms with Crippen LogP contribution in [0.1, 0.15) is 20.8 Å². The molecule has 1 aromatic carbocycles. The monoisotopic (exact) mass is 231 g/mol. The van der Waals surface area contributed by atoms with Crippen LogP contribution in [-0.4, -0.2) is 16.5 Å². The summed E-state index contributed by atoms with van der Waals surface area (Å²) in [4.78, 5) is 11.2. The van der Waals surface area contributed by atoms with Crippen LogP contribution in [0, 0.1) is 0 Å². The molecule has 0 unspecified atom stereocenters. The Morgan fingerprint density at radius 3 is 2.76 bits per heavy atom. The van der Waals surface area contributed by atoms with Gasteiger partial charge in [-0.1, -0.05) is 6.07 Å². The Morgan fingerprint density at radius 2 is 2.12 bits per heavy atom. The zero-order valence-electron chi connectivity index (χ0n) is 10.4. The minimum atomic E-state index is 0.150. The molecule has 2 aromatic rings. The second-order valence-electron chi connectivity index (χ2n) is 4.50. The standard InChI is InChI=1S/C14H17NO2/c1-10(2)17-14-6-4-5-13-12(14)7-8-15(13)9-11(3)16/h4-8,10H,9H2,1-3H3. The highest BCUT2D eigenvalue weighted by molar-refractivity contribution is 5.88. The molecule has 0 aliphatic carbocycles. The number of hydrogen-bond donors (Lipinski definition) is 0. The molecule has 1 heterocycles. The van der Waals surface area contributed by atoms with E-state index in [-0.39, 0.29) is 11.9 Å². The van der Waals surface area contributed by atoms with Gasteiger partial charge in [0.2, 0.25) is 0 Å². The Hall–Kier alpha value is -1.77.